The number of carbonyl (C=O) groups is 1. The van der Waals surface area contributed by atoms with E-state index >= 15 is 0 Å². The van der Waals surface area contributed by atoms with Crippen LogP contribution >= 0.6 is 0 Å². The van der Waals surface area contributed by atoms with Crippen LogP contribution in [-0.2, 0) is 9.84 Å². The van der Waals surface area contributed by atoms with Gasteiger partial charge in [0.15, 0.2) is 5.82 Å². The molecule has 2 N–H and O–H groups in total. The molecule has 0 bridgehead atoms. The maximum atomic E-state index is 13.0. The van der Waals surface area contributed by atoms with Gasteiger partial charge in [0, 0.05) is 42.8 Å². The lowest BCUT2D eigenvalue weighted by atomic mass is 10.1. The Morgan fingerprint density at radius 2 is 1.62 bits per heavy atom. The normalized spacial score (nSPS) is 14.9. The van der Waals surface area contributed by atoms with Crippen LogP contribution in [0.5, 0.6) is 0 Å². The standard InChI is InChI=1S/C25H25N5O3S/c1-29-13-15-30(16-14-29)19-9-7-18(8-10-19)25(31)26-24-22-17-21(11-12-23(22)27-28-24)34(32,33)20-5-3-2-4-6-20/h2-12,17H,13-16H2,1H3,(H2,26,27,28,31). The Kier molecular flexibility index (Phi) is 5.80. The molecule has 0 unspecified atom stereocenters. The van der Waals surface area contributed by atoms with Crippen molar-refractivity contribution in [3.8, 4) is 0 Å². The third kappa shape index (κ3) is 4.27. The Morgan fingerprint density at radius 1 is 0.912 bits per heavy atom. The van der Waals surface area contributed by atoms with Gasteiger partial charge in [-0.3, -0.25) is 9.89 Å². The van der Waals surface area contributed by atoms with Gasteiger partial charge in [0.2, 0.25) is 9.84 Å². The SMILES string of the molecule is CN1CCN(c2ccc(C(=O)Nc3n[nH]c4ccc(S(=O)(=O)c5ccccc5)cc34)cc2)CC1. The van der Waals surface area contributed by atoms with Gasteiger partial charge in [-0.05, 0) is 61.6 Å². The highest BCUT2D eigenvalue weighted by molar-refractivity contribution is 7.91. The number of hydrogen-bond acceptors (Lipinski definition) is 6. The first-order valence-corrected chi connectivity index (χ1v) is 12.5. The summed E-state index contributed by atoms with van der Waals surface area (Å²) in [6.07, 6.45) is 0. The van der Waals surface area contributed by atoms with E-state index in [1.54, 1.807) is 48.5 Å². The number of likely N-dealkylation sites (N-methyl/N-ethyl adjacent to an activating group) is 1. The number of benzene rings is 3. The fourth-order valence-electron chi connectivity index (χ4n) is 4.06. The van der Waals surface area contributed by atoms with Gasteiger partial charge < -0.3 is 15.1 Å². The number of nitrogens with zero attached hydrogens (tertiary/aromatic N) is 3. The Balaban J connectivity index is 1.37. The minimum atomic E-state index is -3.69. The highest BCUT2D eigenvalue weighted by atomic mass is 32.2. The first-order valence-electron chi connectivity index (χ1n) is 11.0. The van der Waals surface area contributed by atoms with Gasteiger partial charge in [0.1, 0.15) is 0 Å². The molecule has 1 aromatic heterocycles. The molecule has 9 heteroatoms. The summed E-state index contributed by atoms with van der Waals surface area (Å²) in [5.41, 5.74) is 2.22. The number of sulfone groups is 1. The minimum Gasteiger partial charge on any atom is -0.369 e. The molecule has 1 aliphatic heterocycles. The van der Waals surface area contributed by atoms with Crippen molar-refractivity contribution in [1.82, 2.24) is 15.1 Å². The zero-order chi connectivity index (χ0) is 23.7. The van der Waals surface area contributed by atoms with Crippen LogP contribution in [0, 0.1) is 0 Å². The summed E-state index contributed by atoms with van der Waals surface area (Å²) < 4.78 is 26.0. The number of piperazine rings is 1. The Bertz CT molecular complexity index is 1420. The van der Waals surface area contributed by atoms with Gasteiger partial charge in [-0.25, -0.2) is 8.42 Å². The average Bonchev–Trinajstić information content (AvgIpc) is 3.27. The number of anilines is 2. The van der Waals surface area contributed by atoms with Gasteiger partial charge in [0.05, 0.1) is 15.3 Å². The molecule has 1 fully saturated rings. The third-order valence-electron chi connectivity index (χ3n) is 6.13. The van der Waals surface area contributed by atoms with Crippen LogP contribution < -0.4 is 10.2 Å². The summed E-state index contributed by atoms with van der Waals surface area (Å²) in [5.74, 6) is -0.0251. The fraction of sp³-hybridized carbons (Fsp3) is 0.200. The fourth-order valence-corrected chi connectivity index (χ4v) is 5.37. The smallest absolute Gasteiger partial charge is 0.256 e. The molecule has 5 rings (SSSR count). The zero-order valence-electron chi connectivity index (χ0n) is 18.7. The number of aromatic amines is 1. The molecule has 0 aliphatic carbocycles. The number of nitrogens with one attached hydrogen (secondary N) is 2. The largest absolute Gasteiger partial charge is 0.369 e. The van der Waals surface area contributed by atoms with Gasteiger partial charge >= 0.3 is 0 Å². The van der Waals surface area contributed by atoms with Crippen LogP contribution in [0.1, 0.15) is 10.4 Å². The van der Waals surface area contributed by atoms with Crippen molar-refractivity contribution in [3.63, 3.8) is 0 Å². The molecular weight excluding hydrogens is 450 g/mol. The number of H-pyrrole nitrogens is 1. The summed E-state index contributed by atoms with van der Waals surface area (Å²) in [5, 5.41) is 10.4. The first kappa shape index (κ1) is 22.1. The second kappa shape index (κ2) is 8.92. The Hall–Kier alpha value is -3.69. The van der Waals surface area contributed by atoms with Crippen LogP contribution in [-0.4, -0.2) is 62.6 Å². The van der Waals surface area contributed by atoms with E-state index in [0.717, 1.165) is 31.9 Å². The van der Waals surface area contributed by atoms with E-state index in [1.807, 2.05) is 12.1 Å². The average molecular weight is 476 g/mol. The molecule has 1 amide bonds. The van der Waals surface area contributed by atoms with Crippen molar-refractivity contribution >= 4 is 38.2 Å². The van der Waals surface area contributed by atoms with Crippen molar-refractivity contribution in [2.45, 2.75) is 9.79 Å². The lowest BCUT2D eigenvalue weighted by Crippen LogP contribution is -2.44. The molecule has 0 radical (unpaired) electrons. The number of carbonyl (C=O) groups excluding carboxylic acids is 1. The molecule has 0 atom stereocenters. The van der Waals surface area contributed by atoms with Crippen molar-refractivity contribution in [2.24, 2.45) is 0 Å². The lowest BCUT2D eigenvalue weighted by molar-refractivity contribution is 0.102. The maximum absolute atomic E-state index is 13.0. The first-order chi connectivity index (χ1) is 16.4. The van der Waals surface area contributed by atoms with E-state index in [4.69, 9.17) is 0 Å². The molecule has 4 aromatic rings. The zero-order valence-corrected chi connectivity index (χ0v) is 19.5. The van der Waals surface area contributed by atoms with E-state index < -0.39 is 9.84 Å². The van der Waals surface area contributed by atoms with Crippen molar-refractivity contribution in [2.75, 3.05) is 43.4 Å². The molecule has 174 valence electrons. The summed E-state index contributed by atoms with van der Waals surface area (Å²) in [6, 6.07) is 20.5. The number of fused-ring (bicyclic) bond motifs is 1. The Morgan fingerprint density at radius 3 is 2.32 bits per heavy atom. The second-order valence-corrected chi connectivity index (χ2v) is 10.3. The molecule has 3 aromatic carbocycles. The molecule has 1 saturated heterocycles. The Labute approximate surface area is 198 Å². The highest BCUT2D eigenvalue weighted by Gasteiger charge is 2.20. The highest BCUT2D eigenvalue weighted by Crippen LogP contribution is 2.28. The number of hydrogen-bond donors (Lipinski definition) is 2. The minimum absolute atomic E-state index is 0.139. The molecule has 0 saturated carbocycles. The van der Waals surface area contributed by atoms with Crippen LogP contribution in [0.4, 0.5) is 11.5 Å². The van der Waals surface area contributed by atoms with E-state index in [-0.39, 0.29) is 21.5 Å². The second-order valence-electron chi connectivity index (χ2n) is 8.39. The van der Waals surface area contributed by atoms with Gasteiger partial charge in [-0.2, -0.15) is 5.10 Å². The number of rotatable bonds is 5. The molecule has 1 aliphatic rings. The molecule has 0 spiro atoms. The van der Waals surface area contributed by atoms with Crippen LogP contribution in [0.25, 0.3) is 10.9 Å². The number of amides is 1. The quantitative estimate of drug-likeness (QED) is 0.459. The van der Waals surface area contributed by atoms with Crippen LogP contribution in [0.15, 0.2) is 82.6 Å². The predicted octanol–water partition coefficient (Wildman–Crippen LogP) is 3.40. The van der Waals surface area contributed by atoms with E-state index in [1.165, 1.54) is 12.1 Å². The van der Waals surface area contributed by atoms with E-state index in [0.29, 0.717) is 16.5 Å². The van der Waals surface area contributed by atoms with Crippen molar-refractivity contribution in [1.29, 1.82) is 0 Å². The van der Waals surface area contributed by atoms with Crippen LogP contribution in [0.2, 0.25) is 0 Å². The maximum Gasteiger partial charge on any atom is 0.256 e. The molecule has 8 nitrogen and oxygen atoms in total. The van der Waals surface area contributed by atoms with Gasteiger partial charge in [-0.1, -0.05) is 18.2 Å². The monoisotopic (exact) mass is 475 g/mol. The summed E-state index contributed by atoms with van der Waals surface area (Å²) in [4.78, 5) is 17.8. The lowest BCUT2D eigenvalue weighted by Gasteiger charge is -2.34. The topological polar surface area (TPSA) is 98.4 Å². The number of aromatic nitrogens is 2. The third-order valence-corrected chi connectivity index (χ3v) is 7.90. The summed E-state index contributed by atoms with van der Waals surface area (Å²) in [7, 11) is -1.57. The summed E-state index contributed by atoms with van der Waals surface area (Å²) >= 11 is 0. The van der Waals surface area contributed by atoms with Crippen molar-refractivity contribution < 1.29 is 13.2 Å². The van der Waals surface area contributed by atoms with E-state index in [2.05, 4.69) is 32.4 Å². The molecular formula is C25H25N5O3S. The van der Waals surface area contributed by atoms with E-state index in [9.17, 15) is 13.2 Å². The van der Waals surface area contributed by atoms with Gasteiger partial charge in [-0.15, -0.1) is 0 Å². The van der Waals surface area contributed by atoms with Crippen LogP contribution in [0.3, 0.4) is 0 Å². The predicted molar refractivity (Wildman–Crippen MR) is 132 cm³/mol. The van der Waals surface area contributed by atoms with Gasteiger partial charge in [0.25, 0.3) is 5.91 Å². The van der Waals surface area contributed by atoms with Crippen molar-refractivity contribution in [3.05, 3.63) is 78.4 Å². The summed E-state index contributed by atoms with van der Waals surface area (Å²) in [6.45, 7) is 3.93. The molecule has 34 heavy (non-hydrogen) atoms. The molecule has 2 heterocycles.